The highest BCUT2D eigenvalue weighted by Crippen LogP contribution is 2.30. The molecule has 1 aliphatic rings. The molecule has 0 spiro atoms. The highest BCUT2D eigenvalue weighted by molar-refractivity contribution is 7.09. The Morgan fingerprint density at radius 3 is 2.55 bits per heavy atom. The van der Waals surface area contributed by atoms with Gasteiger partial charge in [0.2, 0.25) is 5.91 Å². The summed E-state index contributed by atoms with van der Waals surface area (Å²) in [4.78, 5) is 32.1. The zero-order chi connectivity index (χ0) is 20.6. The van der Waals surface area contributed by atoms with Gasteiger partial charge in [-0.1, -0.05) is 56.5 Å². The molecule has 1 fully saturated rings. The normalized spacial score (nSPS) is 15.7. The molecule has 2 aromatic rings. The number of aromatic nitrogens is 1. The van der Waals surface area contributed by atoms with Crippen molar-refractivity contribution in [2.75, 3.05) is 6.61 Å². The van der Waals surface area contributed by atoms with E-state index < -0.39 is 5.97 Å². The van der Waals surface area contributed by atoms with Crippen molar-refractivity contribution in [3.05, 3.63) is 52.0 Å². The topological polar surface area (TPSA) is 59.5 Å². The third-order valence-corrected chi connectivity index (χ3v) is 6.38. The molecule has 5 nitrogen and oxygen atoms in total. The summed E-state index contributed by atoms with van der Waals surface area (Å²) < 4.78 is 5.05. The second kappa shape index (κ2) is 10.5. The van der Waals surface area contributed by atoms with Crippen LogP contribution in [0.1, 0.15) is 79.3 Å². The van der Waals surface area contributed by atoms with Gasteiger partial charge >= 0.3 is 5.97 Å². The van der Waals surface area contributed by atoms with E-state index in [4.69, 9.17) is 4.74 Å². The molecule has 0 N–H and O–H groups in total. The second-order valence-corrected chi connectivity index (χ2v) is 8.42. The van der Waals surface area contributed by atoms with Crippen molar-refractivity contribution in [1.82, 2.24) is 9.88 Å². The summed E-state index contributed by atoms with van der Waals surface area (Å²) in [7, 11) is 0. The maximum atomic E-state index is 13.6. The number of nitrogens with zero attached hydrogens (tertiary/aromatic N) is 2. The van der Waals surface area contributed by atoms with Crippen LogP contribution in [0.3, 0.4) is 0 Å². The van der Waals surface area contributed by atoms with Gasteiger partial charge in [-0.3, -0.25) is 4.79 Å². The number of rotatable bonds is 8. The van der Waals surface area contributed by atoms with Crippen molar-refractivity contribution in [3.63, 3.8) is 0 Å². The van der Waals surface area contributed by atoms with E-state index >= 15 is 0 Å². The van der Waals surface area contributed by atoms with E-state index in [0.717, 1.165) is 42.7 Å². The maximum Gasteiger partial charge on any atom is 0.357 e. The van der Waals surface area contributed by atoms with Crippen molar-refractivity contribution < 1.29 is 14.3 Å². The molecule has 0 unspecified atom stereocenters. The van der Waals surface area contributed by atoms with Gasteiger partial charge in [-0.2, -0.15) is 0 Å². The Morgan fingerprint density at radius 1 is 1.17 bits per heavy atom. The fourth-order valence-corrected chi connectivity index (χ4v) is 4.81. The van der Waals surface area contributed by atoms with Gasteiger partial charge in [0.1, 0.15) is 5.01 Å². The van der Waals surface area contributed by atoms with Gasteiger partial charge in [0.05, 0.1) is 19.1 Å². The molecule has 29 heavy (non-hydrogen) atoms. The summed E-state index contributed by atoms with van der Waals surface area (Å²) in [5.74, 6) is -0.387. The minimum absolute atomic E-state index is 0.150. The lowest BCUT2D eigenvalue weighted by atomic mass is 9.90. The van der Waals surface area contributed by atoms with Crippen molar-refractivity contribution in [2.24, 2.45) is 0 Å². The first-order chi connectivity index (χ1) is 14.1. The van der Waals surface area contributed by atoms with Gasteiger partial charge in [-0.05, 0) is 31.7 Å². The summed E-state index contributed by atoms with van der Waals surface area (Å²) in [6.07, 6.45) is 6.38. The molecule has 1 aromatic heterocycles. The van der Waals surface area contributed by atoms with Crippen LogP contribution in [0.25, 0.3) is 0 Å². The molecule has 0 saturated heterocycles. The number of hydrogen-bond acceptors (Lipinski definition) is 5. The van der Waals surface area contributed by atoms with Crippen LogP contribution >= 0.6 is 11.3 Å². The van der Waals surface area contributed by atoms with Crippen LogP contribution in [0.2, 0.25) is 0 Å². The van der Waals surface area contributed by atoms with Crippen molar-refractivity contribution in [2.45, 2.75) is 70.9 Å². The zero-order valence-electron chi connectivity index (χ0n) is 17.3. The second-order valence-electron chi connectivity index (χ2n) is 7.48. The first-order valence-corrected chi connectivity index (χ1v) is 11.5. The van der Waals surface area contributed by atoms with E-state index in [-0.39, 0.29) is 17.9 Å². The Hall–Kier alpha value is -2.21. The van der Waals surface area contributed by atoms with Gasteiger partial charge in [0.15, 0.2) is 5.69 Å². The SMILES string of the molecule is CCOC(=O)c1csc(CN(C(=O)[C@@H](CC)c2ccccc2)C2CCCCC2)n1. The predicted molar refractivity (Wildman–Crippen MR) is 115 cm³/mol. The molecule has 0 radical (unpaired) electrons. The summed E-state index contributed by atoms with van der Waals surface area (Å²) in [5.41, 5.74) is 1.39. The van der Waals surface area contributed by atoms with Crippen LogP contribution in [-0.2, 0) is 16.1 Å². The van der Waals surface area contributed by atoms with Crippen molar-refractivity contribution in [3.8, 4) is 0 Å². The summed E-state index contributed by atoms with van der Waals surface area (Å²) in [6, 6.07) is 10.3. The molecule has 1 atom stereocenters. The number of carbonyl (C=O) groups is 2. The van der Waals surface area contributed by atoms with Crippen LogP contribution < -0.4 is 0 Å². The Bertz CT molecular complexity index is 799. The predicted octanol–water partition coefficient (Wildman–Crippen LogP) is 5.17. The molecular weight excluding hydrogens is 384 g/mol. The minimum atomic E-state index is -0.402. The lowest BCUT2D eigenvalue weighted by Gasteiger charge is -2.36. The lowest BCUT2D eigenvalue weighted by Crippen LogP contribution is -2.43. The number of carbonyl (C=O) groups excluding carboxylic acids is 2. The molecule has 1 aliphatic carbocycles. The van der Waals surface area contributed by atoms with Gasteiger partial charge in [-0.25, -0.2) is 9.78 Å². The standard InChI is InChI=1S/C23H30N2O3S/c1-3-19(17-11-7-5-8-12-17)22(26)25(18-13-9-6-10-14-18)15-21-24-20(16-29-21)23(27)28-4-2/h5,7-8,11-12,16,18-19H,3-4,6,9-10,13-15H2,1-2H3/t19-/m0/s1. The number of thiazole rings is 1. The molecule has 156 valence electrons. The van der Waals surface area contributed by atoms with Gasteiger partial charge in [-0.15, -0.1) is 11.3 Å². The van der Waals surface area contributed by atoms with E-state index in [1.54, 1.807) is 12.3 Å². The van der Waals surface area contributed by atoms with Gasteiger partial charge < -0.3 is 9.64 Å². The molecule has 1 saturated carbocycles. The quantitative estimate of drug-likeness (QED) is 0.559. The van der Waals surface area contributed by atoms with E-state index in [0.29, 0.717) is 18.8 Å². The van der Waals surface area contributed by atoms with Gasteiger partial charge in [0.25, 0.3) is 0 Å². The third kappa shape index (κ3) is 5.44. The van der Waals surface area contributed by atoms with E-state index in [2.05, 4.69) is 11.9 Å². The highest BCUT2D eigenvalue weighted by atomic mass is 32.1. The summed E-state index contributed by atoms with van der Waals surface area (Å²) >= 11 is 1.42. The molecule has 1 heterocycles. The largest absolute Gasteiger partial charge is 0.461 e. The van der Waals surface area contributed by atoms with E-state index in [9.17, 15) is 9.59 Å². The minimum Gasteiger partial charge on any atom is -0.461 e. The fraction of sp³-hybridized carbons (Fsp3) is 0.522. The van der Waals surface area contributed by atoms with Crippen molar-refractivity contribution >= 4 is 23.2 Å². The maximum absolute atomic E-state index is 13.6. The molecule has 1 amide bonds. The Morgan fingerprint density at radius 2 is 1.90 bits per heavy atom. The van der Waals surface area contributed by atoms with E-state index in [1.165, 1.54) is 17.8 Å². The lowest BCUT2D eigenvalue weighted by molar-refractivity contribution is -0.136. The van der Waals surface area contributed by atoms with Crippen LogP contribution in [0, 0.1) is 0 Å². The third-order valence-electron chi connectivity index (χ3n) is 5.55. The highest BCUT2D eigenvalue weighted by Gasteiger charge is 2.31. The Balaban J connectivity index is 1.82. The van der Waals surface area contributed by atoms with Gasteiger partial charge in [0, 0.05) is 11.4 Å². The number of ether oxygens (including phenoxy) is 1. The Labute approximate surface area is 177 Å². The first-order valence-electron chi connectivity index (χ1n) is 10.6. The van der Waals surface area contributed by atoms with Crippen LogP contribution in [0.4, 0.5) is 0 Å². The number of amides is 1. The van der Waals surface area contributed by atoms with Crippen LogP contribution in [0.15, 0.2) is 35.7 Å². The summed E-state index contributed by atoms with van der Waals surface area (Å²) in [6.45, 7) is 4.63. The van der Waals surface area contributed by atoms with E-state index in [1.807, 2.05) is 35.2 Å². The molecular formula is C23H30N2O3S. The zero-order valence-corrected chi connectivity index (χ0v) is 18.1. The average Bonchev–Trinajstić information content (AvgIpc) is 3.23. The summed E-state index contributed by atoms with van der Waals surface area (Å²) in [5, 5.41) is 2.51. The fourth-order valence-electron chi connectivity index (χ4n) is 4.05. The first kappa shape index (κ1) is 21.5. The number of hydrogen-bond donors (Lipinski definition) is 0. The number of benzene rings is 1. The Kier molecular flexibility index (Phi) is 7.81. The molecule has 0 bridgehead atoms. The average molecular weight is 415 g/mol. The monoisotopic (exact) mass is 414 g/mol. The van der Waals surface area contributed by atoms with Crippen LogP contribution in [0.5, 0.6) is 0 Å². The molecule has 0 aliphatic heterocycles. The molecule has 1 aromatic carbocycles. The smallest absolute Gasteiger partial charge is 0.357 e. The number of esters is 1. The molecule has 3 rings (SSSR count). The molecule has 6 heteroatoms. The van der Waals surface area contributed by atoms with Crippen LogP contribution in [-0.4, -0.2) is 34.4 Å². The van der Waals surface area contributed by atoms with Crippen molar-refractivity contribution in [1.29, 1.82) is 0 Å².